The second-order valence-corrected chi connectivity index (χ2v) is 5.42. The van der Waals surface area contributed by atoms with Crippen LogP contribution in [-0.4, -0.2) is 34.0 Å². The number of carboxylic acids is 1. The van der Waals surface area contributed by atoms with Crippen molar-refractivity contribution in [3.05, 3.63) is 11.6 Å². The fourth-order valence-corrected chi connectivity index (χ4v) is 2.15. The Morgan fingerprint density at radius 3 is 1.85 bits per heavy atom. The van der Waals surface area contributed by atoms with E-state index in [9.17, 15) is 9.90 Å². The van der Waals surface area contributed by atoms with Gasteiger partial charge in [-0.15, -0.1) is 0 Å². The average molecular weight is 286 g/mol. The van der Waals surface area contributed by atoms with Crippen LogP contribution in [-0.2, 0) is 4.79 Å². The van der Waals surface area contributed by atoms with Crippen molar-refractivity contribution >= 4 is 5.97 Å². The lowest BCUT2D eigenvalue weighted by Gasteiger charge is -2.06. The molecular weight excluding hydrogens is 256 g/mol. The van der Waals surface area contributed by atoms with Crippen molar-refractivity contribution in [3.8, 4) is 0 Å². The predicted octanol–water partition coefficient (Wildman–Crippen LogP) is 3.27. The second kappa shape index (κ2) is 13.1. The Balaban J connectivity index is 3.36. The molecule has 4 nitrogen and oxygen atoms in total. The third kappa shape index (κ3) is 12.2. The summed E-state index contributed by atoms with van der Waals surface area (Å²) < 4.78 is 0. The fourth-order valence-electron chi connectivity index (χ4n) is 2.15. The van der Waals surface area contributed by atoms with Crippen LogP contribution in [0.3, 0.4) is 0 Å². The van der Waals surface area contributed by atoms with Crippen LogP contribution in [0.5, 0.6) is 0 Å². The first-order chi connectivity index (χ1) is 9.57. The molecule has 0 fully saturated rings. The maximum atomic E-state index is 10.6. The Labute approximate surface area is 122 Å². The van der Waals surface area contributed by atoms with Gasteiger partial charge in [-0.3, -0.25) is 0 Å². The van der Waals surface area contributed by atoms with Crippen LogP contribution in [0.15, 0.2) is 11.6 Å². The van der Waals surface area contributed by atoms with E-state index >= 15 is 0 Å². The number of aliphatic hydroxyl groups excluding tert-OH is 2. The molecule has 0 amide bonds. The van der Waals surface area contributed by atoms with E-state index in [0.717, 1.165) is 25.7 Å². The number of carbonyl (C=O) groups is 1. The zero-order chi connectivity index (χ0) is 15.2. The highest BCUT2D eigenvalue weighted by Gasteiger charge is 2.05. The maximum absolute atomic E-state index is 10.6. The minimum absolute atomic E-state index is 0.209. The minimum atomic E-state index is -0.967. The molecule has 0 bridgehead atoms. The van der Waals surface area contributed by atoms with Crippen LogP contribution in [0, 0.1) is 0 Å². The Morgan fingerprint density at radius 1 is 0.950 bits per heavy atom. The summed E-state index contributed by atoms with van der Waals surface area (Å²) in [6, 6.07) is 0. The number of rotatable bonds is 13. The first kappa shape index (κ1) is 19.1. The number of carboxylic acid groups (broad SMARTS) is 1. The van der Waals surface area contributed by atoms with Gasteiger partial charge in [-0.1, -0.05) is 51.4 Å². The summed E-state index contributed by atoms with van der Waals surface area (Å²) >= 11 is 0. The highest BCUT2D eigenvalue weighted by molar-refractivity contribution is 5.85. The summed E-state index contributed by atoms with van der Waals surface area (Å²) in [6.45, 7) is 1.81. The van der Waals surface area contributed by atoms with Gasteiger partial charge < -0.3 is 15.3 Å². The largest absolute Gasteiger partial charge is 0.478 e. The molecule has 0 aliphatic rings. The van der Waals surface area contributed by atoms with Gasteiger partial charge in [0.15, 0.2) is 0 Å². The van der Waals surface area contributed by atoms with Crippen molar-refractivity contribution in [2.75, 3.05) is 6.61 Å². The summed E-state index contributed by atoms with van der Waals surface area (Å²) in [6.07, 6.45) is 11.6. The zero-order valence-corrected chi connectivity index (χ0v) is 12.7. The monoisotopic (exact) mass is 286 g/mol. The molecule has 0 saturated heterocycles. The smallest absolute Gasteiger partial charge is 0.331 e. The SMILES string of the molecule is CC(=CC(O)CCCCCCCCCCCO)C(=O)O. The van der Waals surface area contributed by atoms with E-state index in [0.29, 0.717) is 13.0 Å². The van der Waals surface area contributed by atoms with Crippen LogP contribution < -0.4 is 0 Å². The van der Waals surface area contributed by atoms with Gasteiger partial charge in [-0.2, -0.15) is 0 Å². The number of hydrogen-bond acceptors (Lipinski definition) is 3. The Bertz CT molecular complexity index is 274. The van der Waals surface area contributed by atoms with E-state index in [1.54, 1.807) is 0 Å². The van der Waals surface area contributed by atoms with Gasteiger partial charge in [0, 0.05) is 12.2 Å². The zero-order valence-electron chi connectivity index (χ0n) is 12.7. The fraction of sp³-hybridized carbons (Fsp3) is 0.812. The Morgan fingerprint density at radius 2 is 1.40 bits per heavy atom. The van der Waals surface area contributed by atoms with Crippen molar-refractivity contribution in [2.45, 2.75) is 77.2 Å². The molecule has 0 heterocycles. The summed E-state index contributed by atoms with van der Waals surface area (Å²) in [5.74, 6) is -0.967. The third-order valence-electron chi connectivity index (χ3n) is 3.44. The summed E-state index contributed by atoms with van der Waals surface area (Å²) in [7, 11) is 0. The molecule has 0 aromatic heterocycles. The number of aliphatic hydroxyl groups is 2. The highest BCUT2D eigenvalue weighted by atomic mass is 16.4. The molecule has 118 valence electrons. The molecule has 0 spiro atoms. The molecule has 0 aromatic rings. The molecule has 1 unspecified atom stereocenters. The lowest BCUT2D eigenvalue weighted by molar-refractivity contribution is -0.132. The van der Waals surface area contributed by atoms with E-state index < -0.39 is 12.1 Å². The molecule has 0 aromatic carbocycles. The quantitative estimate of drug-likeness (QED) is 0.359. The van der Waals surface area contributed by atoms with E-state index in [4.69, 9.17) is 10.2 Å². The average Bonchev–Trinajstić information content (AvgIpc) is 2.40. The molecule has 0 aliphatic heterocycles. The number of hydrogen-bond donors (Lipinski definition) is 3. The van der Waals surface area contributed by atoms with Gasteiger partial charge in [0.1, 0.15) is 0 Å². The lowest BCUT2D eigenvalue weighted by Crippen LogP contribution is -2.06. The Kier molecular flexibility index (Phi) is 12.6. The summed E-state index contributed by atoms with van der Waals surface area (Å²) in [4.78, 5) is 10.6. The Hall–Kier alpha value is -0.870. The van der Waals surface area contributed by atoms with Crippen LogP contribution >= 0.6 is 0 Å². The predicted molar refractivity (Wildman–Crippen MR) is 80.7 cm³/mol. The molecule has 0 rings (SSSR count). The van der Waals surface area contributed by atoms with Gasteiger partial charge in [0.05, 0.1) is 6.10 Å². The standard InChI is InChI=1S/C16H30O4/c1-14(16(19)20)13-15(18)11-9-7-5-3-2-4-6-8-10-12-17/h13,15,17-18H,2-12H2,1H3,(H,19,20). The molecule has 3 N–H and O–H groups in total. The van der Waals surface area contributed by atoms with Gasteiger partial charge in [-0.25, -0.2) is 4.79 Å². The van der Waals surface area contributed by atoms with Crippen molar-refractivity contribution < 1.29 is 20.1 Å². The summed E-state index contributed by atoms with van der Waals surface area (Å²) in [5, 5.41) is 27.0. The van der Waals surface area contributed by atoms with E-state index in [2.05, 4.69) is 0 Å². The number of unbranched alkanes of at least 4 members (excludes halogenated alkanes) is 8. The molecular formula is C16H30O4. The van der Waals surface area contributed by atoms with E-state index in [1.165, 1.54) is 45.1 Å². The number of aliphatic carboxylic acids is 1. The minimum Gasteiger partial charge on any atom is -0.478 e. The van der Waals surface area contributed by atoms with Crippen molar-refractivity contribution in [2.24, 2.45) is 0 Å². The molecule has 0 radical (unpaired) electrons. The molecule has 0 saturated carbocycles. The topological polar surface area (TPSA) is 77.8 Å². The van der Waals surface area contributed by atoms with Gasteiger partial charge in [0.25, 0.3) is 0 Å². The van der Waals surface area contributed by atoms with E-state index in [1.807, 2.05) is 0 Å². The van der Waals surface area contributed by atoms with Crippen LogP contribution in [0.4, 0.5) is 0 Å². The normalized spacial score (nSPS) is 13.4. The highest BCUT2D eigenvalue weighted by Crippen LogP contribution is 2.12. The van der Waals surface area contributed by atoms with Gasteiger partial charge in [-0.05, 0) is 25.8 Å². The summed E-state index contributed by atoms with van der Waals surface area (Å²) in [5.41, 5.74) is 0.209. The maximum Gasteiger partial charge on any atom is 0.331 e. The van der Waals surface area contributed by atoms with Crippen molar-refractivity contribution in [1.82, 2.24) is 0 Å². The van der Waals surface area contributed by atoms with Crippen LogP contribution in [0.2, 0.25) is 0 Å². The van der Waals surface area contributed by atoms with E-state index in [-0.39, 0.29) is 5.57 Å². The van der Waals surface area contributed by atoms with Crippen LogP contribution in [0.1, 0.15) is 71.1 Å². The molecule has 20 heavy (non-hydrogen) atoms. The van der Waals surface area contributed by atoms with Crippen molar-refractivity contribution in [3.63, 3.8) is 0 Å². The third-order valence-corrected chi connectivity index (χ3v) is 3.44. The van der Waals surface area contributed by atoms with Crippen molar-refractivity contribution in [1.29, 1.82) is 0 Å². The first-order valence-corrected chi connectivity index (χ1v) is 7.78. The lowest BCUT2D eigenvalue weighted by atomic mass is 10.0. The molecule has 4 heteroatoms. The second-order valence-electron chi connectivity index (χ2n) is 5.42. The molecule has 1 atom stereocenters. The van der Waals surface area contributed by atoms with Gasteiger partial charge >= 0.3 is 5.97 Å². The van der Waals surface area contributed by atoms with Crippen LogP contribution in [0.25, 0.3) is 0 Å². The molecule has 0 aliphatic carbocycles. The first-order valence-electron chi connectivity index (χ1n) is 7.78. The van der Waals surface area contributed by atoms with Gasteiger partial charge in [0.2, 0.25) is 0 Å².